The number of nitro benzene ring substituents is 1. The number of non-ortho nitro benzene ring substituents is 1. The molecule has 1 aliphatic heterocycles. The van der Waals surface area contributed by atoms with Gasteiger partial charge in [-0.05, 0) is 48.3 Å². The molecule has 0 spiro atoms. The average molecular weight is 438 g/mol. The maximum atomic E-state index is 12.9. The van der Waals surface area contributed by atoms with Gasteiger partial charge in [-0.1, -0.05) is 23.8 Å². The Morgan fingerprint density at radius 3 is 2.42 bits per heavy atom. The Balaban J connectivity index is 1.25. The molecular weight excluding hydrogens is 422 g/mol. The van der Waals surface area contributed by atoms with Crippen LogP contribution in [0.15, 0.2) is 52.0 Å². The molecule has 8 nitrogen and oxygen atoms in total. The summed E-state index contributed by atoms with van der Waals surface area (Å²) < 4.78 is 5.69. The van der Waals surface area contributed by atoms with E-state index in [0.29, 0.717) is 33.9 Å². The molecule has 0 N–H and O–H groups in total. The van der Waals surface area contributed by atoms with E-state index in [4.69, 9.17) is 16.0 Å². The van der Waals surface area contributed by atoms with Crippen molar-refractivity contribution in [1.29, 1.82) is 0 Å². The van der Waals surface area contributed by atoms with E-state index in [9.17, 15) is 19.7 Å². The van der Waals surface area contributed by atoms with Gasteiger partial charge in [0, 0.05) is 17.7 Å². The van der Waals surface area contributed by atoms with Crippen molar-refractivity contribution in [3.8, 4) is 11.3 Å². The van der Waals surface area contributed by atoms with Crippen LogP contribution >= 0.6 is 11.6 Å². The fourth-order valence-corrected chi connectivity index (χ4v) is 5.76. The van der Waals surface area contributed by atoms with Gasteiger partial charge >= 0.3 is 0 Å². The van der Waals surface area contributed by atoms with Crippen molar-refractivity contribution in [2.45, 2.75) is 6.42 Å². The Hall–Kier alpha value is -3.26. The highest BCUT2D eigenvalue weighted by molar-refractivity contribution is 6.33. The molecule has 2 amide bonds. The lowest BCUT2D eigenvalue weighted by Gasteiger charge is -2.37. The Morgan fingerprint density at radius 2 is 1.77 bits per heavy atom. The molecule has 7 rings (SSSR count). The zero-order valence-electron chi connectivity index (χ0n) is 16.1. The van der Waals surface area contributed by atoms with E-state index in [-0.39, 0.29) is 41.2 Å². The van der Waals surface area contributed by atoms with Gasteiger partial charge in [-0.25, -0.2) is 0 Å². The zero-order valence-corrected chi connectivity index (χ0v) is 16.8. The highest BCUT2D eigenvalue weighted by Gasteiger charge is 2.67. The van der Waals surface area contributed by atoms with Crippen molar-refractivity contribution in [3.05, 3.63) is 63.4 Å². The molecule has 5 aliphatic rings. The Morgan fingerprint density at radius 1 is 1.10 bits per heavy atom. The molecule has 1 saturated heterocycles. The van der Waals surface area contributed by atoms with Gasteiger partial charge in [-0.15, -0.1) is 0 Å². The van der Waals surface area contributed by atoms with Gasteiger partial charge in [0.25, 0.3) is 17.5 Å². The summed E-state index contributed by atoms with van der Waals surface area (Å²) in [6, 6.07) is 7.28. The van der Waals surface area contributed by atoms with Crippen LogP contribution in [-0.2, 0) is 9.59 Å². The van der Waals surface area contributed by atoms with Gasteiger partial charge in [-0.2, -0.15) is 10.1 Å². The summed E-state index contributed by atoms with van der Waals surface area (Å²) in [6.07, 6.45) is 6.65. The third kappa shape index (κ3) is 2.64. The van der Waals surface area contributed by atoms with Gasteiger partial charge in [0.15, 0.2) is 0 Å². The monoisotopic (exact) mass is 437 g/mol. The molecule has 0 unspecified atom stereocenters. The molecule has 6 atom stereocenters. The maximum Gasteiger partial charge on any atom is 0.270 e. The minimum atomic E-state index is -0.513. The van der Waals surface area contributed by atoms with Crippen molar-refractivity contribution in [2.24, 2.45) is 40.6 Å². The second-order valence-electron chi connectivity index (χ2n) is 8.51. The van der Waals surface area contributed by atoms with Crippen LogP contribution in [0.1, 0.15) is 12.2 Å². The Kier molecular flexibility index (Phi) is 3.80. The summed E-state index contributed by atoms with van der Waals surface area (Å²) in [4.78, 5) is 36.4. The molecule has 2 bridgehead atoms. The number of nitro groups is 1. The number of furan rings is 1. The lowest BCUT2D eigenvalue weighted by molar-refractivity contribution is -0.384. The summed E-state index contributed by atoms with van der Waals surface area (Å²) >= 11 is 6.16. The zero-order chi connectivity index (χ0) is 21.4. The van der Waals surface area contributed by atoms with Gasteiger partial charge in [0.05, 0.1) is 28.0 Å². The third-order valence-electron chi connectivity index (χ3n) is 6.99. The SMILES string of the molecule is O=C1[C@@H]2[C@@H]3C=C[C@H]([C@@H]4C[C@H]34)[C@@H]2C(=O)N1/N=C\c1ccc(-c2cc([N+](=O)[O-])ccc2Cl)o1. The lowest BCUT2D eigenvalue weighted by Crippen LogP contribution is -2.40. The number of imide groups is 1. The first-order valence-electron chi connectivity index (χ1n) is 10.1. The first-order valence-corrected chi connectivity index (χ1v) is 10.5. The second kappa shape index (κ2) is 6.37. The molecule has 3 fully saturated rings. The molecular formula is C22H16ClN3O5. The number of rotatable bonds is 4. The van der Waals surface area contributed by atoms with Crippen LogP contribution in [0.3, 0.4) is 0 Å². The van der Waals surface area contributed by atoms with Crippen LogP contribution < -0.4 is 0 Å². The molecule has 31 heavy (non-hydrogen) atoms. The largest absolute Gasteiger partial charge is 0.455 e. The van der Waals surface area contributed by atoms with E-state index in [1.54, 1.807) is 12.1 Å². The molecule has 2 aromatic rings. The summed E-state index contributed by atoms with van der Waals surface area (Å²) in [6.45, 7) is 0. The maximum absolute atomic E-state index is 12.9. The van der Waals surface area contributed by atoms with Crippen molar-refractivity contribution in [1.82, 2.24) is 5.01 Å². The lowest BCUT2D eigenvalue weighted by atomic mass is 9.63. The normalized spacial score (nSPS) is 32.6. The van der Waals surface area contributed by atoms with E-state index < -0.39 is 4.92 Å². The molecule has 9 heteroatoms. The molecule has 4 aliphatic carbocycles. The van der Waals surface area contributed by atoms with E-state index in [1.807, 2.05) is 0 Å². The first-order chi connectivity index (χ1) is 14.9. The number of amides is 2. The average Bonchev–Trinajstić information content (AvgIpc) is 3.40. The number of carbonyl (C=O) groups excluding carboxylic acids is 2. The van der Waals surface area contributed by atoms with Gasteiger partial charge in [0.1, 0.15) is 11.5 Å². The number of carbonyl (C=O) groups is 2. The number of nitrogens with zero attached hydrogens (tertiary/aromatic N) is 3. The smallest absolute Gasteiger partial charge is 0.270 e. The van der Waals surface area contributed by atoms with E-state index in [2.05, 4.69) is 17.3 Å². The topological polar surface area (TPSA) is 106 Å². The molecule has 0 radical (unpaired) electrons. The molecule has 1 aromatic carbocycles. The van der Waals surface area contributed by atoms with Crippen LogP contribution in [0.4, 0.5) is 5.69 Å². The standard InChI is InChI=1S/C22H16ClN3O5/c23-17-5-1-10(26(29)30)7-16(17)18-6-2-11(31-18)9-24-25-21(27)19-12-3-4-13(15-8-14(12)15)20(19)22(25)28/h1-7,9,12-15,19-20H,8H2/b24-9-/t12-,13-,14-,15+,19-,20+/m1/s1. The number of hydrogen-bond acceptors (Lipinski definition) is 6. The van der Waals surface area contributed by atoms with E-state index in [0.717, 1.165) is 11.4 Å². The summed E-state index contributed by atoms with van der Waals surface area (Å²) in [5, 5.41) is 16.5. The summed E-state index contributed by atoms with van der Waals surface area (Å²) in [7, 11) is 0. The summed E-state index contributed by atoms with van der Waals surface area (Å²) in [5.41, 5.74) is 0.264. The number of halogens is 1. The van der Waals surface area contributed by atoms with Gasteiger partial charge < -0.3 is 4.42 Å². The number of hydrazone groups is 1. The Bertz CT molecular complexity index is 1180. The first kappa shape index (κ1) is 18.5. The van der Waals surface area contributed by atoms with Gasteiger partial charge in [0.2, 0.25) is 0 Å². The number of benzene rings is 1. The van der Waals surface area contributed by atoms with E-state index >= 15 is 0 Å². The predicted molar refractivity (Wildman–Crippen MR) is 110 cm³/mol. The van der Waals surface area contributed by atoms with Crippen LogP contribution in [0.5, 0.6) is 0 Å². The third-order valence-corrected chi connectivity index (χ3v) is 7.32. The van der Waals surface area contributed by atoms with Crippen molar-refractivity contribution in [3.63, 3.8) is 0 Å². The summed E-state index contributed by atoms with van der Waals surface area (Å²) in [5.74, 6) is 0.869. The molecule has 2 saturated carbocycles. The fraction of sp³-hybridized carbons (Fsp3) is 0.318. The van der Waals surface area contributed by atoms with Gasteiger partial charge in [-0.3, -0.25) is 19.7 Å². The molecule has 2 heterocycles. The molecule has 1 aromatic heterocycles. The minimum Gasteiger partial charge on any atom is -0.455 e. The highest BCUT2D eigenvalue weighted by Crippen LogP contribution is 2.65. The van der Waals surface area contributed by atoms with Crippen molar-refractivity contribution >= 4 is 35.3 Å². The van der Waals surface area contributed by atoms with Crippen LogP contribution in [-0.4, -0.2) is 28.0 Å². The van der Waals surface area contributed by atoms with Crippen molar-refractivity contribution < 1.29 is 18.9 Å². The number of allylic oxidation sites excluding steroid dienone is 2. The fourth-order valence-electron chi connectivity index (χ4n) is 5.55. The minimum absolute atomic E-state index is 0.108. The van der Waals surface area contributed by atoms with Crippen molar-refractivity contribution in [2.75, 3.05) is 0 Å². The van der Waals surface area contributed by atoms with E-state index in [1.165, 1.54) is 24.4 Å². The highest BCUT2D eigenvalue weighted by atomic mass is 35.5. The second-order valence-corrected chi connectivity index (χ2v) is 8.92. The Labute approximate surface area is 181 Å². The predicted octanol–water partition coefficient (Wildman–Crippen LogP) is 3.90. The molecule has 156 valence electrons. The number of hydrogen-bond donors (Lipinski definition) is 0. The van der Waals surface area contributed by atoms with Crippen LogP contribution in [0.2, 0.25) is 5.02 Å². The quantitative estimate of drug-likeness (QED) is 0.237. The van der Waals surface area contributed by atoms with Crippen LogP contribution in [0.25, 0.3) is 11.3 Å². The van der Waals surface area contributed by atoms with Crippen LogP contribution in [0, 0.1) is 45.6 Å².